The van der Waals surface area contributed by atoms with Crippen molar-refractivity contribution in [3.8, 4) is 34.4 Å². The summed E-state index contributed by atoms with van der Waals surface area (Å²) in [5.41, 5.74) is 9.84. The van der Waals surface area contributed by atoms with E-state index < -0.39 is 14.9 Å². The number of benzene rings is 6. The molecule has 0 saturated carbocycles. The van der Waals surface area contributed by atoms with Gasteiger partial charge in [0.05, 0.1) is 36.1 Å². The molecule has 0 bridgehead atoms. The Morgan fingerprint density at radius 3 is 2.16 bits per heavy atom. The Balaban J connectivity index is 0.000000303. The predicted molar refractivity (Wildman–Crippen MR) is 258 cm³/mol. The molecule has 6 aromatic carbocycles. The molecule has 9 aromatic rings. The van der Waals surface area contributed by atoms with E-state index in [9.17, 15) is 9.65 Å². The molecule has 0 saturated heterocycles. The minimum Gasteiger partial charge on any atom is -0.499 e. The van der Waals surface area contributed by atoms with E-state index in [1.807, 2.05) is 36.5 Å². The summed E-state index contributed by atoms with van der Waals surface area (Å²) in [4.78, 5) is 9.73. The Labute approximate surface area is 389 Å². The molecule has 0 spiro atoms. The van der Waals surface area contributed by atoms with Crippen molar-refractivity contribution in [2.24, 2.45) is 0 Å². The Hall–Kier alpha value is -5.71. The largest absolute Gasteiger partial charge is 0.499 e. The molecule has 3 heterocycles. The molecule has 8 heteroatoms. The third kappa shape index (κ3) is 8.55. The number of halogens is 1. The van der Waals surface area contributed by atoms with Gasteiger partial charge in [-0.25, -0.2) is 0 Å². The van der Waals surface area contributed by atoms with Crippen molar-refractivity contribution >= 4 is 57.0 Å². The van der Waals surface area contributed by atoms with Crippen LogP contribution in [0.3, 0.4) is 0 Å². The molecule has 321 valence electrons. The fraction of sp³-hybridized carbons (Fsp3) is 0.255. The molecular weight excluding hydrogens is 972 g/mol. The van der Waals surface area contributed by atoms with Crippen LogP contribution in [0.5, 0.6) is 0 Å². The van der Waals surface area contributed by atoms with Gasteiger partial charge in [-0.2, -0.15) is 5.26 Å². The topological polar surface area (TPSA) is 67.6 Å². The number of para-hydroxylation sites is 1. The van der Waals surface area contributed by atoms with Crippen LogP contribution in [-0.4, -0.2) is 22.6 Å². The Morgan fingerprint density at radius 1 is 0.841 bits per heavy atom. The number of nitrogens with zero attached hydrogens (tertiary/aromatic N) is 4. The van der Waals surface area contributed by atoms with Gasteiger partial charge in [-0.3, -0.25) is 9.37 Å². The van der Waals surface area contributed by atoms with E-state index in [1.54, 1.807) is 24.3 Å². The van der Waals surface area contributed by atoms with Crippen LogP contribution in [0, 0.1) is 36.1 Å². The Morgan fingerprint density at radius 2 is 1.56 bits per heavy atom. The molecule has 0 atom stereocenters. The number of aryl methyl sites for hydroxylation is 1. The second-order valence-corrected chi connectivity index (χ2v) is 23.8. The summed E-state index contributed by atoms with van der Waals surface area (Å²) in [6.45, 7) is 20.1. The van der Waals surface area contributed by atoms with Crippen LogP contribution >= 0.6 is 0 Å². The van der Waals surface area contributed by atoms with Crippen molar-refractivity contribution in [3.63, 3.8) is 0 Å². The first-order valence-electron chi connectivity index (χ1n) is 22.7. The number of pyridine rings is 1. The third-order valence-electron chi connectivity index (χ3n) is 11.6. The van der Waals surface area contributed by atoms with E-state index in [0.717, 1.165) is 38.8 Å². The van der Waals surface area contributed by atoms with Crippen LogP contribution < -0.4 is 5.19 Å². The molecule has 9 rings (SSSR count). The van der Waals surface area contributed by atoms with Crippen LogP contribution in [0.15, 0.2) is 114 Å². The second kappa shape index (κ2) is 17.5. The van der Waals surface area contributed by atoms with Gasteiger partial charge in [0.25, 0.3) is 0 Å². The number of nitriles is 1. The van der Waals surface area contributed by atoms with E-state index in [-0.39, 0.29) is 48.7 Å². The maximum atomic E-state index is 12.8. The predicted octanol–water partition coefficient (Wildman–Crippen LogP) is 14.5. The SMILES string of the molecule is C[Si](C)(C)c1ccc(-c2[c-]cc(F)cc2)nc1.[2H]C([2H])([2H])c1c[c-]c(-c2nc3ccc4ccccc4c3n2-c2c(C(C)C)cc(C(C)(C)C)cc2C(C)C)c2oc3c(C#N)cccc3c12.[Ir]. The second-order valence-electron chi connectivity index (χ2n) is 18.8. The summed E-state index contributed by atoms with van der Waals surface area (Å²) < 4.78 is 46.8. The summed E-state index contributed by atoms with van der Waals surface area (Å²) in [7, 11) is -1.30. The molecular formula is C55H53FIrN4OSi-2. The summed E-state index contributed by atoms with van der Waals surface area (Å²) in [6, 6.07) is 41.0. The maximum absolute atomic E-state index is 12.8. The zero-order chi connectivity index (χ0) is 46.7. The van der Waals surface area contributed by atoms with E-state index in [2.05, 4.69) is 132 Å². The number of furan rings is 1. The average Bonchev–Trinajstić information content (AvgIpc) is 3.85. The molecule has 0 fully saturated rings. The quantitative estimate of drug-likeness (QED) is 0.123. The Bertz CT molecular complexity index is 3270. The average molecular weight is 1030 g/mol. The molecule has 1 radical (unpaired) electrons. The number of rotatable bonds is 6. The van der Waals surface area contributed by atoms with E-state index in [1.165, 1.54) is 34.0 Å². The van der Waals surface area contributed by atoms with Crippen molar-refractivity contribution in [2.75, 3.05) is 0 Å². The molecule has 3 aromatic heterocycles. The van der Waals surface area contributed by atoms with Crippen molar-refractivity contribution in [1.82, 2.24) is 14.5 Å². The van der Waals surface area contributed by atoms with Crippen LogP contribution in [0.2, 0.25) is 19.6 Å². The zero-order valence-electron chi connectivity index (χ0n) is 40.5. The number of hydrogen-bond donors (Lipinski definition) is 0. The summed E-state index contributed by atoms with van der Waals surface area (Å²) in [5.74, 6) is 0.707. The molecule has 0 unspecified atom stereocenters. The fourth-order valence-corrected chi connectivity index (χ4v) is 9.17. The van der Waals surface area contributed by atoms with Gasteiger partial charge in [0, 0.05) is 52.7 Å². The van der Waals surface area contributed by atoms with Crippen molar-refractivity contribution in [3.05, 3.63) is 155 Å². The standard InChI is InChI=1S/C41H38N3O.C14H15FNSi.Ir/c1-23(2)32-20-28(41(6,7)8)21-33(24(3)4)36(32)44-37-29-14-10-9-12-26(29)17-19-34(37)43-40(44)31-18-16-25(5)35-30-15-11-13-27(22-42)38(30)45-39(31)35;1-17(2,3)13-8-9-14(16-10-13)11-4-6-12(15)7-5-11;/h9-17,19-21,23-24H,1-8H3;4,6-10H,1-3H3;/q2*-1;/i5D3;;. The normalized spacial score (nSPS) is 12.9. The smallest absolute Gasteiger partial charge is 0.138 e. The summed E-state index contributed by atoms with van der Waals surface area (Å²) >= 11 is 0. The van der Waals surface area contributed by atoms with Crippen molar-refractivity contribution in [1.29, 1.82) is 5.26 Å². The molecule has 0 aliphatic heterocycles. The van der Waals surface area contributed by atoms with Crippen LogP contribution in [0.1, 0.15) is 92.2 Å². The minimum atomic E-state index is -2.43. The van der Waals surface area contributed by atoms with Crippen molar-refractivity contribution in [2.45, 2.75) is 92.2 Å². The zero-order valence-corrected chi connectivity index (χ0v) is 40.9. The molecule has 0 N–H and O–H groups in total. The van der Waals surface area contributed by atoms with E-state index in [0.29, 0.717) is 38.9 Å². The monoisotopic (exact) mass is 1030 g/mol. The molecule has 0 amide bonds. The van der Waals surface area contributed by atoms with Gasteiger partial charge in [0.15, 0.2) is 0 Å². The number of aromatic nitrogens is 3. The van der Waals surface area contributed by atoms with Gasteiger partial charge < -0.3 is 14.0 Å². The number of hydrogen-bond acceptors (Lipinski definition) is 4. The maximum Gasteiger partial charge on any atom is 0.138 e. The van der Waals surface area contributed by atoms with Gasteiger partial charge >= 0.3 is 0 Å². The Kier molecular flexibility index (Phi) is 11.4. The van der Waals surface area contributed by atoms with Gasteiger partial charge in [-0.1, -0.05) is 153 Å². The fourth-order valence-electron chi connectivity index (χ4n) is 8.14. The van der Waals surface area contributed by atoms with E-state index >= 15 is 0 Å². The minimum absolute atomic E-state index is 0. The summed E-state index contributed by atoms with van der Waals surface area (Å²) in [5, 5.41) is 14.5. The van der Waals surface area contributed by atoms with Gasteiger partial charge in [0.2, 0.25) is 0 Å². The molecule has 0 aliphatic rings. The van der Waals surface area contributed by atoms with Crippen LogP contribution in [0.4, 0.5) is 4.39 Å². The van der Waals surface area contributed by atoms with E-state index in [4.69, 9.17) is 13.5 Å². The number of fused-ring (bicyclic) bond motifs is 6. The van der Waals surface area contributed by atoms with Crippen LogP contribution in [-0.2, 0) is 25.5 Å². The van der Waals surface area contributed by atoms with Gasteiger partial charge in [-0.15, -0.1) is 47.5 Å². The first-order valence-corrected chi connectivity index (χ1v) is 24.7. The first kappa shape index (κ1) is 41.3. The first-order chi connectivity index (χ1) is 30.7. The van der Waals surface area contributed by atoms with Crippen molar-refractivity contribution < 1.29 is 33.0 Å². The molecule has 0 aliphatic carbocycles. The van der Waals surface area contributed by atoms with Gasteiger partial charge in [0.1, 0.15) is 11.7 Å². The molecule has 63 heavy (non-hydrogen) atoms. The third-order valence-corrected chi connectivity index (χ3v) is 13.7. The number of imidazole rings is 1. The van der Waals surface area contributed by atoms with Crippen LogP contribution in [0.25, 0.3) is 72.1 Å². The van der Waals surface area contributed by atoms with Gasteiger partial charge in [-0.05, 0) is 62.3 Å². The molecule has 5 nitrogen and oxygen atoms in total. The summed E-state index contributed by atoms with van der Waals surface area (Å²) in [6.07, 6.45) is 1.93.